The van der Waals surface area contributed by atoms with Gasteiger partial charge in [-0.2, -0.15) is 5.10 Å². The highest BCUT2D eigenvalue weighted by Crippen LogP contribution is 2.28. The molecule has 2 aromatic rings. The highest BCUT2D eigenvalue weighted by atomic mass is 16.5. The van der Waals surface area contributed by atoms with Crippen molar-refractivity contribution in [3.8, 4) is 11.5 Å². The largest absolute Gasteiger partial charge is 0.493 e. The fourth-order valence-electron chi connectivity index (χ4n) is 2.48. The van der Waals surface area contributed by atoms with Gasteiger partial charge in [0.05, 0.1) is 26.0 Å². The van der Waals surface area contributed by atoms with Crippen LogP contribution >= 0.6 is 0 Å². The number of nitrogens with one attached hydrogen (secondary N) is 1. The molecule has 0 saturated heterocycles. The van der Waals surface area contributed by atoms with Gasteiger partial charge in [-0.25, -0.2) is 5.43 Å². The van der Waals surface area contributed by atoms with Gasteiger partial charge in [0, 0.05) is 24.8 Å². The molecule has 0 spiro atoms. The lowest BCUT2D eigenvalue weighted by Crippen LogP contribution is -2.20. The zero-order valence-electron chi connectivity index (χ0n) is 16.7. The molecule has 7 nitrogen and oxygen atoms in total. The average molecular weight is 385 g/mol. The first-order valence-electron chi connectivity index (χ1n) is 9.04. The molecule has 0 aliphatic heterocycles. The smallest absolute Gasteiger partial charge is 0.271 e. The lowest BCUT2D eigenvalue weighted by atomic mass is 10.2. The van der Waals surface area contributed by atoms with Crippen molar-refractivity contribution in [3.05, 3.63) is 53.6 Å². The third kappa shape index (κ3) is 5.99. The van der Waals surface area contributed by atoms with E-state index in [1.54, 1.807) is 24.4 Å². The molecule has 0 aliphatic rings. The Morgan fingerprint density at radius 1 is 1.21 bits per heavy atom. The van der Waals surface area contributed by atoms with Crippen LogP contribution in [0.4, 0.5) is 5.69 Å². The van der Waals surface area contributed by atoms with Crippen molar-refractivity contribution < 1.29 is 19.4 Å². The summed E-state index contributed by atoms with van der Waals surface area (Å²) >= 11 is 0. The number of aliphatic hydroxyl groups excluding tert-OH is 1. The molecule has 0 unspecified atom stereocenters. The fraction of sp³-hybridized carbons (Fsp3) is 0.333. The minimum atomic E-state index is -0.343. The van der Waals surface area contributed by atoms with E-state index in [0.717, 1.165) is 11.3 Å². The Morgan fingerprint density at radius 2 is 1.93 bits per heavy atom. The van der Waals surface area contributed by atoms with E-state index in [1.165, 1.54) is 7.11 Å². The van der Waals surface area contributed by atoms with Gasteiger partial charge >= 0.3 is 0 Å². The van der Waals surface area contributed by atoms with Gasteiger partial charge in [0.25, 0.3) is 5.91 Å². The number of likely N-dealkylation sites (N-methyl/N-ethyl adjacent to an activating group) is 1. The summed E-state index contributed by atoms with van der Waals surface area (Å²) in [5.41, 5.74) is 4.77. The van der Waals surface area contributed by atoms with Gasteiger partial charge < -0.3 is 19.5 Å². The van der Waals surface area contributed by atoms with Crippen molar-refractivity contribution in [1.29, 1.82) is 0 Å². The summed E-state index contributed by atoms with van der Waals surface area (Å²) in [6.45, 7) is 4.51. The van der Waals surface area contributed by atoms with Gasteiger partial charge in [0.1, 0.15) is 0 Å². The van der Waals surface area contributed by atoms with Crippen molar-refractivity contribution in [1.82, 2.24) is 5.43 Å². The van der Waals surface area contributed by atoms with Crippen molar-refractivity contribution >= 4 is 17.8 Å². The number of hydrogen-bond acceptors (Lipinski definition) is 6. The molecule has 0 bridgehead atoms. The summed E-state index contributed by atoms with van der Waals surface area (Å²) in [6, 6.07) is 12.6. The van der Waals surface area contributed by atoms with Crippen molar-refractivity contribution in [2.24, 2.45) is 5.10 Å². The number of carbonyl (C=O) groups excluding carboxylic acids is 1. The molecule has 0 aromatic heterocycles. The number of nitrogens with zero attached hydrogens (tertiary/aromatic N) is 2. The normalized spacial score (nSPS) is 10.9. The fourth-order valence-corrected chi connectivity index (χ4v) is 2.48. The summed E-state index contributed by atoms with van der Waals surface area (Å²) in [4.78, 5) is 14.2. The first-order valence-corrected chi connectivity index (χ1v) is 9.04. The van der Waals surface area contributed by atoms with Gasteiger partial charge in [-0.05, 0) is 49.7 Å². The van der Waals surface area contributed by atoms with Gasteiger partial charge in [-0.1, -0.05) is 12.1 Å². The first-order chi connectivity index (χ1) is 13.4. The number of aliphatic hydroxyl groups is 1. The third-order valence-electron chi connectivity index (χ3n) is 3.94. The van der Waals surface area contributed by atoms with E-state index in [0.29, 0.717) is 23.6 Å². The lowest BCUT2D eigenvalue weighted by Gasteiger charge is -2.17. The first kappa shape index (κ1) is 21.2. The molecule has 0 saturated carbocycles. The average Bonchev–Trinajstić information content (AvgIpc) is 2.68. The predicted molar refractivity (Wildman–Crippen MR) is 111 cm³/mol. The molecule has 0 fully saturated rings. The van der Waals surface area contributed by atoms with Gasteiger partial charge in [0.15, 0.2) is 11.5 Å². The van der Waals surface area contributed by atoms with Gasteiger partial charge in [-0.3, -0.25) is 4.79 Å². The van der Waals surface area contributed by atoms with Crippen LogP contribution < -0.4 is 19.8 Å². The van der Waals surface area contributed by atoms with Crippen molar-refractivity contribution in [2.45, 2.75) is 20.0 Å². The second-order valence-corrected chi connectivity index (χ2v) is 6.47. The standard InChI is InChI=1S/C21H27N3O4/c1-15(2)28-19-10-7-17(13-20(19)27-4)21(26)23-22-14-16-5-8-18(9-6-16)24(3)11-12-25/h5-10,13-15,25H,11-12H2,1-4H3,(H,23,26)/b22-14+. The van der Waals surface area contributed by atoms with Crippen molar-refractivity contribution in [2.75, 3.05) is 32.2 Å². The molecule has 7 heteroatoms. The van der Waals surface area contributed by atoms with Crippen LogP contribution in [0.5, 0.6) is 11.5 Å². The summed E-state index contributed by atoms with van der Waals surface area (Å²) in [5, 5.41) is 13.0. The van der Waals surface area contributed by atoms with Crippen LogP contribution in [0.3, 0.4) is 0 Å². The number of methoxy groups -OCH3 is 1. The molecule has 2 aromatic carbocycles. The van der Waals surface area contributed by atoms with E-state index in [2.05, 4.69) is 10.5 Å². The maximum absolute atomic E-state index is 12.3. The van der Waals surface area contributed by atoms with E-state index in [4.69, 9.17) is 14.6 Å². The molecule has 2 N–H and O–H groups in total. The Bertz CT molecular complexity index is 804. The molecule has 1 amide bonds. The minimum Gasteiger partial charge on any atom is -0.493 e. The van der Waals surface area contributed by atoms with E-state index < -0.39 is 0 Å². The third-order valence-corrected chi connectivity index (χ3v) is 3.94. The Labute approximate surface area is 165 Å². The van der Waals surface area contributed by atoms with Crippen LogP contribution in [0.15, 0.2) is 47.6 Å². The Morgan fingerprint density at radius 3 is 2.54 bits per heavy atom. The Kier molecular flexibility index (Phi) is 7.83. The summed E-state index contributed by atoms with van der Waals surface area (Å²) < 4.78 is 10.9. The minimum absolute atomic E-state index is 0.00740. The number of benzene rings is 2. The van der Waals surface area contributed by atoms with E-state index in [-0.39, 0.29) is 18.6 Å². The number of rotatable bonds is 9. The zero-order chi connectivity index (χ0) is 20.5. The highest BCUT2D eigenvalue weighted by molar-refractivity contribution is 5.95. The monoisotopic (exact) mass is 385 g/mol. The lowest BCUT2D eigenvalue weighted by molar-refractivity contribution is 0.0954. The van der Waals surface area contributed by atoms with Gasteiger partial charge in [-0.15, -0.1) is 0 Å². The van der Waals surface area contributed by atoms with Crippen LogP contribution in [-0.2, 0) is 0 Å². The molecule has 0 atom stereocenters. The van der Waals surface area contributed by atoms with Crippen LogP contribution in [0.2, 0.25) is 0 Å². The molecule has 2 rings (SSSR count). The van der Waals surface area contributed by atoms with E-state index in [9.17, 15) is 4.79 Å². The maximum atomic E-state index is 12.3. The second-order valence-electron chi connectivity index (χ2n) is 6.47. The van der Waals surface area contributed by atoms with Crippen LogP contribution in [-0.4, -0.2) is 50.6 Å². The summed E-state index contributed by atoms with van der Waals surface area (Å²) in [5.74, 6) is 0.738. The molecule has 0 heterocycles. The SMILES string of the molecule is COc1cc(C(=O)N/N=C/c2ccc(N(C)CCO)cc2)ccc1OC(C)C. The predicted octanol–water partition coefficient (Wildman–Crippen LogP) is 2.67. The molecule has 28 heavy (non-hydrogen) atoms. The number of ether oxygens (including phenoxy) is 2. The van der Waals surface area contributed by atoms with Crippen LogP contribution in [0, 0.1) is 0 Å². The number of carbonyl (C=O) groups is 1. The maximum Gasteiger partial charge on any atom is 0.271 e. The number of amides is 1. The van der Waals surface area contributed by atoms with Crippen LogP contribution in [0.1, 0.15) is 29.8 Å². The molecular weight excluding hydrogens is 358 g/mol. The molecule has 150 valence electrons. The Hall–Kier alpha value is -3.06. The molecule has 0 aliphatic carbocycles. The van der Waals surface area contributed by atoms with Gasteiger partial charge in [0.2, 0.25) is 0 Å². The zero-order valence-corrected chi connectivity index (χ0v) is 16.7. The number of hydrogen-bond donors (Lipinski definition) is 2. The van der Waals surface area contributed by atoms with Crippen LogP contribution in [0.25, 0.3) is 0 Å². The topological polar surface area (TPSA) is 83.4 Å². The summed E-state index contributed by atoms with van der Waals surface area (Å²) in [6.07, 6.45) is 1.58. The van der Waals surface area contributed by atoms with E-state index in [1.807, 2.05) is 50.1 Å². The highest BCUT2D eigenvalue weighted by Gasteiger charge is 2.11. The summed E-state index contributed by atoms with van der Waals surface area (Å²) in [7, 11) is 3.44. The number of anilines is 1. The second kappa shape index (κ2) is 10.3. The quantitative estimate of drug-likeness (QED) is 0.512. The molecular formula is C21H27N3O4. The number of hydrazone groups is 1. The van der Waals surface area contributed by atoms with E-state index >= 15 is 0 Å². The van der Waals surface area contributed by atoms with Crippen molar-refractivity contribution in [3.63, 3.8) is 0 Å². The molecule has 0 radical (unpaired) electrons. The Balaban J connectivity index is 1.99.